The largest absolute Gasteiger partial charge is 0.464 e. The fraction of sp³-hybridized carbons (Fsp3) is 0.481. The first-order valence-electron chi connectivity index (χ1n) is 11.3. The van der Waals surface area contributed by atoms with Crippen molar-refractivity contribution >= 4 is 11.9 Å². The highest BCUT2D eigenvalue weighted by Gasteiger charge is 2.36. The molecule has 3 rings (SSSR count). The number of carbonyl (C=O) groups excluding carboxylic acids is 2. The summed E-state index contributed by atoms with van der Waals surface area (Å²) in [5, 5.41) is 0. The Morgan fingerprint density at radius 1 is 1.06 bits per heavy atom. The lowest BCUT2D eigenvalue weighted by atomic mass is 9.82. The van der Waals surface area contributed by atoms with Crippen LogP contribution in [0, 0.1) is 20.8 Å². The van der Waals surface area contributed by atoms with Crippen LogP contribution in [0.4, 0.5) is 0 Å². The first-order valence-corrected chi connectivity index (χ1v) is 11.3. The summed E-state index contributed by atoms with van der Waals surface area (Å²) in [5.41, 5.74) is 5.95. The fourth-order valence-electron chi connectivity index (χ4n) is 4.51. The molecule has 0 aromatic heterocycles. The van der Waals surface area contributed by atoms with Gasteiger partial charge in [-0.1, -0.05) is 30.3 Å². The predicted molar refractivity (Wildman–Crippen MR) is 126 cm³/mol. The number of benzene rings is 2. The van der Waals surface area contributed by atoms with Crippen LogP contribution in [0.3, 0.4) is 0 Å². The van der Waals surface area contributed by atoms with Crippen LogP contribution in [0.25, 0.3) is 0 Å². The number of ether oxygens (including phenoxy) is 2. The van der Waals surface area contributed by atoms with Crippen LogP contribution < -0.4 is 0 Å². The summed E-state index contributed by atoms with van der Waals surface area (Å²) in [7, 11) is 0. The van der Waals surface area contributed by atoms with E-state index in [4.69, 9.17) is 9.47 Å². The SMILES string of the molecule is CCOC(=O)C(OC(C)(C)C)c1c(C)c(C)c2c(c1C)C(=O)N(Cc1ccccc1)CC2. The van der Waals surface area contributed by atoms with Crippen molar-refractivity contribution in [2.45, 2.75) is 73.1 Å². The minimum absolute atomic E-state index is 0.00956. The number of esters is 1. The minimum atomic E-state index is -0.878. The Morgan fingerprint density at radius 2 is 1.72 bits per heavy atom. The highest BCUT2D eigenvalue weighted by molar-refractivity contribution is 5.99. The van der Waals surface area contributed by atoms with E-state index in [1.54, 1.807) is 6.92 Å². The van der Waals surface area contributed by atoms with Crippen LogP contribution in [-0.2, 0) is 27.2 Å². The molecular formula is C27H35NO4. The van der Waals surface area contributed by atoms with E-state index >= 15 is 0 Å². The summed E-state index contributed by atoms with van der Waals surface area (Å²) < 4.78 is 11.6. The van der Waals surface area contributed by atoms with Crippen molar-refractivity contribution in [2.75, 3.05) is 13.2 Å². The number of rotatable bonds is 6. The summed E-state index contributed by atoms with van der Waals surface area (Å²) in [6, 6.07) is 10.0. The van der Waals surface area contributed by atoms with Crippen LogP contribution >= 0.6 is 0 Å². The predicted octanol–water partition coefficient (Wildman–Crippen LogP) is 5.23. The second-order valence-corrected chi connectivity index (χ2v) is 9.47. The van der Waals surface area contributed by atoms with E-state index in [1.165, 1.54) is 0 Å². The quantitative estimate of drug-likeness (QED) is 0.581. The van der Waals surface area contributed by atoms with Gasteiger partial charge in [-0.3, -0.25) is 4.79 Å². The molecule has 0 fully saturated rings. The lowest BCUT2D eigenvalue weighted by Gasteiger charge is -2.34. The molecule has 2 aromatic rings. The molecule has 172 valence electrons. The Bertz CT molecular complexity index is 1000. The van der Waals surface area contributed by atoms with Gasteiger partial charge in [-0.15, -0.1) is 0 Å². The lowest BCUT2D eigenvalue weighted by Crippen LogP contribution is -2.39. The van der Waals surface area contributed by atoms with Crippen molar-refractivity contribution < 1.29 is 19.1 Å². The fourth-order valence-corrected chi connectivity index (χ4v) is 4.51. The molecule has 0 aliphatic carbocycles. The number of fused-ring (bicyclic) bond motifs is 1. The molecule has 2 aromatic carbocycles. The number of hydrogen-bond acceptors (Lipinski definition) is 4. The Balaban J connectivity index is 2.09. The molecule has 32 heavy (non-hydrogen) atoms. The number of carbonyl (C=O) groups is 2. The third kappa shape index (κ3) is 4.88. The van der Waals surface area contributed by atoms with Crippen molar-refractivity contribution in [3.8, 4) is 0 Å². The van der Waals surface area contributed by atoms with E-state index in [-0.39, 0.29) is 12.5 Å². The highest BCUT2D eigenvalue weighted by atomic mass is 16.6. The van der Waals surface area contributed by atoms with Crippen LogP contribution in [0.15, 0.2) is 30.3 Å². The van der Waals surface area contributed by atoms with Gasteiger partial charge in [0.05, 0.1) is 12.2 Å². The number of amides is 1. The van der Waals surface area contributed by atoms with Crippen LogP contribution in [-0.4, -0.2) is 35.5 Å². The molecular weight excluding hydrogens is 402 g/mol. The van der Waals surface area contributed by atoms with Crippen LogP contribution in [0.1, 0.15) is 77.5 Å². The highest BCUT2D eigenvalue weighted by Crippen LogP contribution is 2.38. The molecule has 1 aliphatic heterocycles. The van der Waals surface area contributed by atoms with Gasteiger partial charge in [-0.25, -0.2) is 4.79 Å². The minimum Gasteiger partial charge on any atom is -0.464 e. The first kappa shape index (κ1) is 24.0. The zero-order valence-corrected chi connectivity index (χ0v) is 20.4. The summed E-state index contributed by atoms with van der Waals surface area (Å²) in [4.78, 5) is 28.5. The molecule has 1 heterocycles. The summed E-state index contributed by atoms with van der Waals surface area (Å²) in [5.74, 6) is -0.410. The van der Waals surface area contributed by atoms with E-state index in [0.717, 1.165) is 39.8 Å². The molecule has 1 unspecified atom stereocenters. The van der Waals surface area contributed by atoms with Gasteiger partial charge >= 0.3 is 5.97 Å². The molecule has 0 bridgehead atoms. The van der Waals surface area contributed by atoms with Gasteiger partial charge in [0.2, 0.25) is 0 Å². The van der Waals surface area contributed by atoms with E-state index in [2.05, 4.69) is 0 Å². The Labute approximate surface area is 191 Å². The lowest BCUT2D eigenvalue weighted by molar-refractivity contribution is -0.167. The van der Waals surface area contributed by atoms with E-state index < -0.39 is 17.7 Å². The molecule has 1 aliphatic rings. The first-order chi connectivity index (χ1) is 15.0. The second-order valence-electron chi connectivity index (χ2n) is 9.47. The Morgan fingerprint density at radius 3 is 2.31 bits per heavy atom. The van der Waals surface area contributed by atoms with Gasteiger partial charge in [0.15, 0.2) is 6.10 Å². The maximum absolute atomic E-state index is 13.6. The van der Waals surface area contributed by atoms with E-state index in [1.807, 2.05) is 76.8 Å². The molecule has 5 heteroatoms. The van der Waals surface area contributed by atoms with Crippen molar-refractivity contribution in [1.29, 1.82) is 0 Å². The molecule has 0 saturated heterocycles. The van der Waals surface area contributed by atoms with Gasteiger partial charge in [0.1, 0.15) is 0 Å². The number of nitrogens with zero attached hydrogens (tertiary/aromatic N) is 1. The monoisotopic (exact) mass is 437 g/mol. The average Bonchev–Trinajstić information content (AvgIpc) is 2.73. The molecule has 5 nitrogen and oxygen atoms in total. The maximum atomic E-state index is 13.6. The second kappa shape index (κ2) is 9.45. The van der Waals surface area contributed by atoms with E-state index in [0.29, 0.717) is 18.7 Å². The molecule has 0 spiro atoms. The van der Waals surface area contributed by atoms with Gasteiger partial charge in [-0.05, 0) is 88.3 Å². The zero-order valence-electron chi connectivity index (χ0n) is 20.4. The number of hydrogen-bond donors (Lipinski definition) is 0. The molecule has 1 amide bonds. The average molecular weight is 438 g/mol. The normalized spacial score (nSPS) is 14.8. The van der Waals surface area contributed by atoms with Gasteiger partial charge in [-0.2, -0.15) is 0 Å². The summed E-state index contributed by atoms with van der Waals surface area (Å²) in [6.07, 6.45) is -0.0810. The topological polar surface area (TPSA) is 55.8 Å². The molecule has 0 radical (unpaired) electrons. The van der Waals surface area contributed by atoms with E-state index in [9.17, 15) is 9.59 Å². The van der Waals surface area contributed by atoms with Crippen LogP contribution in [0.2, 0.25) is 0 Å². The molecule has 1 atom stereocenters. The Kier molecular flexibility index (Phi) is 7.09. The van der Waals surface area contributed by atoms with Crippen LogP contribution in [0.5, 0.6) is 0 Å². The molecule has 0 saturated carbocycles. The van der Waals surface area contributed by atoms with Crippen molar-refractivity contribution in [2.24, 2.45) is 0 Å². The Hall–Kier alpha value is -2.66. The molecule has 0 N–H and O–H groups in total. The maximum Gasteiger partial charge on any atom is 0.339 e. The van der Waals surface area contributed by atoms with Crippen molar-refractivity contribution in [3.05, 3.63) is 69.3 Å². The van der Waals surface area contributed by atoms with Crippen molar-refractivity contribution in [3.63, 3.8) is 0 Å². The van der Waals surface area contributed by atoms with Gasteiger partial charge < -0.3 is 14.4 Å². The summed E-state index contributed by atoms with van der Waals surface area (Å²) in [6.45, 7) is 15.0. The van der Waals surface area contributed by atoms with Crippen molar-refractivity contribution in [1.82, 2.24) is 4.90 Å². The third-order valence-electron chi connectivity index (χ3n) is 6.08. The third-order valence-corrected chi connectivity index (χ3v) is 6.08. The zero-order chi connectivity index (χ0) is 23.6. The standard InChI is InChI=1S/C27H35NO4/c1-8-31-26(30)24(32-27(5,6)7)22-18(3)17(2)21-14-15-28(25(29)23(21)19(22)4)16-20-12-10-9-11-13-20/h9-13,24H,8,14-16H2,1-7H3. The van der Waals surface area contributed by atoms with Gasteiger partial charge in [0.25, 0.3) is 5.91 Å². The summed E-state index contributed by atoms with van der Waals surface area (Å²) >= 11 is 0. The smallest absolute Gasteiger partial charge is 0.339 e. The van der Waals surface area contributed by atoms with Gasteiger partial charge in [0, 0.05) is 18.7 Å².